The van der Waals surface area contributed by atoms with Crippen molar-refractivity contribution in [2.24, 2.45) is 0 Å². The monoisotopic (exact) mass is 691 g/mol. The van der Waals surface area contributed by atoms with E-state index in [1.165, 1.54) is 0 Å². The van der Waals surface area contributed by atoms with Gasteiger partial charge in [0.2, 0.25) is 0 Å². The number of aromatic nitrogens is 3. The first-order chi connectivity index (χ1) is 26.8. The van der Waals surface area contributed by atoms with E-state index in [1.807, 2.05) is 91.0 Å². The second kappa shape index (κ2) is 12.8. The Bertz CT molecular complexity index is 3150. The summed E-state index contributed by atoms with van der Waals surface area (Å²) < 4.78 is 12.9. The number of benzene rings is 7. The molecule has 0 bridgehead atoms. The molecule has 10 radical (unpaired) electrons. The zero-order valence-electron chi connectivity index (χ0n) is 29.2. The summed E-state index contributed by atoms with van der Waals surface area (Å²) in [7, 11) is 31.3. The lowest BCUT2D eigenvalue weighted by Crippen LogP contribution is -2.55. The molecule has 3 heterocycles. The average Bonchev–Trinajstić information content (AvgIpc) is 3.80. The van der Waals surface area contributed by atoms with Crippen molar-refractivity contribution >= 4 is 110 Å². The standard InChI is InChI=1S/C45H22B5N3O2/c46-37-36(38(47)40(49)41(50)39(37)48)25-10-6-11-26(20-25)44-51-43(23-8-2-1-3-9-23)52-45(53-44)27-17-19-31-30-18-16-24(21-34(30)54-35(31)22-27)28-13-7-14-32-29-12-4-5-15-33(29)55-42(28)32/h1-22H. The van der Waals surface area contributed by atoms with Gasteiger partial charge in [-0.25, -0.2) is 15.0 Å². The van der Waals surface area contributed by atoms with Gasteiger partial charge in [-0.2, -0.15) is 0 Å². The molecule has 244 valence electrons. The van der Waals surface area contributed by atoms with E-state index >= 15 is 0 Å². The molecule has 10 rings (SSSR count). The van der Waals surface area contributed by atoms with Gasteiger partial charge in [-0.15, -0.1) is 16.4 Å². The molecular formula is C45H22B5N3O2. The molecule has 3 aromatic heterocycles. The van der Waals surface area contributed by atoms with Crippen LogP contribution in [0.25, 0.3) is 100 Å². The molecule has 0 saturated carbocycles. The van der Waals surface area contributed by atoms with Crippen molar-refractivity contribution < 1.29 is 8.83 Å². The normalized spacial score (nSPS) is 11.6. The van der Waals surface area contributed by atoms with Crippen LogP contribution in [-0.2, 0) is 0 Å². The van der Waals surface area contributed by atoms with Gasteiger partial charge in [-0.1, -0.05) is 108 Å². The third-order valence-electron chi connectivity index (χ3n) is 10.2. The van der Waals surface area contributed by atoms with Crippen LogP contribution in [0.3, 0.4) is 0 Å². The molecule has 0 aliphatic heterocycles. The summed E-state index contributed by atoms with van der Waals surface area (Å²) in [6.45, 7) is 0. The van der Waals surface area contributed by atoms with Crippen LogP contribution in [0.4, 0.5) is 0 Å². The molecule has 0 saturated heterocycles. The fraction of sp³-hybridized carbons (Fsp3) is 0. The van der Waals surface area contributed by atoms with Crippen molar-refractivity contribution in [3.05, 3.63) is 133 Å². The van der Waals surface area contributed by atoms with Crippen molar-refractivity contribution in [2.75, 3.05) is 0 Å². The third-order valence-corrected chi connectivity index (χ3v) is 10.2. The first kappa shape index (κ1) is 33.1. The Balaban J connectivity index is 1.09. The van der Waals surface area contributed by atoms with Gasteiger partial charge in [0.25, 0.3) is 0 Å². The maximum atomic E-state index is 6.54. The Morgan fingerprint density at radius 3 is 1.58 bits per heavy atom. The number of fused-ring (bicyclic) bond motifs is 6. The van der Waals surface area contributed by atoms with Crippen LogP contribution in [0.5, 0.6) is 0 Å². The van der Waals surface area contributed by atoms with Crippen molar-refractivity contribution in [3.63, 3.8) is 0 Å². The summed E-state index contributed by atoms with van der Waals surface area (Å²) in [5, 5.41) is 4.15. The zero-order chi connectivity index (χ0) is 37.4. The van der Waals surface area contributed by atoms with Gasteiger partial charge in [0.1, 0.15) is 61.6 Å². The number of hydrogen-bond donors (Lipinski definition) is 0. The van der Waals surface area contributed by atoms with Crippen LogP contribution in [0, 0.1) is 0 Å². The number of furan rings is 2. The van der Waals surface area contributed by atoms with E-state index in [2.05, 4.69) is 42.5 Å². The maximum Gasteiger partial charge on any atom is 0.164 e. The van der Waals surface area contributed by atoms with Gasteiger partial charge in [-0.05, 0) is 53.1 Å². The van der Waals surface area contributed by atoms with Gasteiger partial charge in [0.05, 0.1) is 0 Å². The average molecular weight is 691 g/mol. The van der Waals surface area contributed by atoms with Crippen LogP contribution >= 0.6 is 0 Å². The van der Waals surface area contributed by atoms with Crippen LogP contribution in [0.2, 0.25) is 0 Å². The van der Waals surface area contributed by atoms with Gasteiger partial charge >= 0.3 is 0 Å². The quantitative estimate of drug-likeness (QED) is 0.208. The van der Waals surface area contributed by atoms with E-state index in [0.29, 0.717) is 39.7 Å². The minimum atomic E-state index is 0.159. The minimum absolute atomic E-state index is 0.159. The van der Waals surface area contributed by atoms with E-state index in [9.17, 15) is 0 Å². The Morgan fingerprint density at radius 1 is 0.345 bits per heavy atom. The molecule has 7 aromatic carbocycles. The maximum absolute atomic E-state index is 6.54. The van der Waals surface area contributed by atoms with Crippen molar-refractivity contribution in [1.82, 2.24) is 15.0 Å². The molecule has 0 aliphatic carbocycles. The van der Waals surface area contributed by atoms with Crippen LogP contribution in [0.1, 0.15) is 0 Å². The van der Waals surface area contributed by atoms with E-state index < -0.39 is 0 Å². The van der Waals surface area contributed by atoms with Crippen LogP contribution < -0.4 is 27.3 Å². The topological polar surface area (TPSA) is 65.0 Å². The highest BCUT2D eigenvalue weighted by Gasteiger charge is 2.18. The van der Waals surface area contributed by atoms with E-state index in [4.69, 9.17) is 63.0 Å². The van der Waals surface area contributed by atoms with E-state index in [1.54, 1.807) is 0 Å². The largest absolute Gasteiger partial charge is 0.456 e. The van der Waals surface area contributed by atoms with Crippen LogP contribution in [-0.4, -0.2) is 54.2 Å². The van der Waals surface area contributed by atoms with Crippen molar-refractivity contribution in [3.8, 4) is 56.4 Å². The van der Waals surface area contributed by atoms with Gasteiger partial charge in [0.15, 0.2) is 17.5 Å². The van der Waals surface area contributed by atoms with E-state index in [0.717, 1.165) is 60.5 Å². The number of hydrogen-bond acceptors (Lipinski definition) is 5. The first-order valence-corrected chi connectivity index (χ1v) is 17.6. The molecular weight excluding hydrogens is 669 g/mol. The Labute approximate surface area is 322 Å². The summed E-state index contributed by atoms with van der Waals surface area (Å²) in [6, 6.07) is 44.0. The fourth-order valence-electron chi connectivity index (χ4n) is 7.38. The Morgan fingerprint density at radius 2 is 0.855 bits per heavy atom. The second-order valence-corrected chi connectivity index (χ2v) is 13.5. The van der Waals surface area contributed by atoms with Gasteiger partial charge < -0.3 is 8.83 Å². The fourth-order valence-corrected chi connectivity index (χ4v) is 7.38. The van der Waals surface area contributed by atoms with Crippen molar-refractivity contribution in [1.29, 1.82) is 0 Å². The summed E-state index contributed by atoms with van der Waals surface area (Å²) in [5.74, 6) is 1.45. The molecule has 5 nitrogen and oxygen atoms in total. The number of rotatable bonds is 5. The smallest absolute Gasteiger partial charge is 0.164 e. The zero-order valence-corrected chi connectivity index (χ0v) is 29.2. The van der Waals surface area contributed by atoms with Gasteiger partial charge in [0, 0.05) is 43.8 Å². The minimum Gasteiger partial charge on any atom is -0.456 e. The van der Waals surface area contributed by atoms with E-state index in [-0.39, 0.29) is 27.3 Å². The number of nitrogens with zero attached hydrogens (tertiary/aromatic N) is 3. The summed E-state index contributed by atoms with van der Waals surface area (Å²) in [5.41, 5.74) is 9.71. The summed E-state index contributed by atoms with van der Waals surface area (Å²) >= 11 is 0. The predicted molar refractivity (Wildman–Crippen MR) is 229 cm³/mol. The third kappa shape index (κ3) is 5.43. The highest BCUT2D eigenvalue weighted by Crippen LogP contribution is 2.39. The summed E-state index contributed by atoms with van der Waals surface area (Å²) in [4.78, 5) is 14.8. The lowest BCUT2D eigenvalue weighted by Gasteiger charge is -2.21. The molecule has 0 spiro atoms. The lowest BCUT2D eigenvalue weighted by atomic mass is 9.59. The van der Waals surface area contributed by atoms with Crippen molar-refractivity contribution in [2.45, 2.75) is 0 Å². The Kier molecular flexibility index (Phi) is 7.70. The summed E-state index contributed by atoms with van der Waals surface area (Å²) in [6.07, 6.45) is 0. The highest BCUT2D eigenvalue weighted by molar-refractivity contribution is 6.68. The molecule has 0 aliphatic rings. The molecule has 0 N–H and O–H groups in total. The predicted octanol–water partition coefficient (Wildman–Crippen LogP) is 5.97. The second-order valence-electron chi connectivity index (χ2n) is 13.5. The molecule has 0 atom stereocenters. The molecule has 10 heteroatoms. The number of para-hydroxylation sites is 2. The molecule has 55 heavy (non-hydrogen) atoms. The lowest BCUT2D eigenvalue weighted by molar-refractivity contribution is 0.668. The Hall–Kier alpha value is -6.53. The molecule has 0 unspecified atom stereocenters. The van der Waals surface area contributed by atoms with Gasteiger partial charge in [-0.3, -0.25) is 0 Å². The SMILES string of the molecule is [B]c1c([B])c([B])c(-c2cccc(-c3nc(-c4ccccc4)nc(-c4ccc5c(c4)oc4cc(-c6cccc7c6oc6ccccc67)ccc45)n3)c2)c([B])c1[B]. The highest BCUT2D eigenvalue weighted by atomic mass is 16.3. The molecule has 10 aromatic rings. The first-order valence-electron chi connectivity index (χ1n) is 17.6. The molecule has 0 fully saturated rings. The molecule has 0 amide bonds. The van der Waals surface area contributed by atoms with Crippen LogP contribution in [0.15, 0.2) is 142 Å².